The lowest BCUT2D eigenvalue weighted by Gasteiger charge is -2.17. The van der Waals surface area contributed by atoms with Gasteiger partial charge < -0.3 is 9.64 Å². The molecule has 2 rings (SSSR count). The molecule has 6 nitrogen and oxygen atoms in total. The molecule has 1 aromatic rings. The fraction of sp³-hybridized carbons (Fsp3) is 0.429. The number of hydrogen-bond acceptors (Lipinski definition) is 4. The molecule has 1 saturated heterocycles. The zero-order valence-corrected chi connectivity index (χ0v) is 11.5. The van der Waals surface area contributed by atoms with Crippen molar-refractivity contribution in [1.29, 1.82) is 0 Å². The third-order valence-electron chi connectivity index (χ3n) is 3.26. The van der Waals surface area contributed by atoms with Crippen molar-refractivity contribution in [2.75, 3.05) is 18.1 Å². The summed E-state index contributed by atoms with van der Waals surface area (Å²) in [5.74, 6) is 5.12. The molecule has 0 bridgehead atoms. The highest BCUT2D eigenvalue weighted by molar-refractivity contribution is 6.00. The van der Waals surface area contributed by atoms with Crippen molar-refractivity contribution < 1.29 is 14.3 Å². The molecule has 0 radical (unpaired) electrons. The number of anilines is 1. The first kappa shape index (κ1) is 14.3. The van der Waals surface area contributed by atoms with Crippen LogP contribution in [0.2, 0.25) is 0 Å². The molecule has 0 spiro atoms. The Morgan fingerprint density at radius 2 is 2.15 bits per heavy atom. The van der Waals surface area contributed by atoms with Gasteiger partial charge in [-0.05, 0) is 30.7 Å². The number of carbonyl (C=O) groups is 2. The van der Waals surface area contributed by atoms with Gasteiger partial charge in [-0.2, -0.15) is 0 Å². The summed E-state index contributed by atoms with van der Waals surface area (Å²) < 4.78 is 5.49. The predicted octanol–water partition coefficient (Wildman–Crippen LogP) is 0.818. The molecule has 1 fully saturated rings. The quantitative estimate of drug-likeness (QED) is 0.474. The zero-order chi connectivity index (χ0) is 14.5. The van der Waals surface area contributed by atoms with Gasteiger partial charge in [-0.3, -0.25) is 15.0 Å². The van der Waals surface area contributed by atoms with E-state index in [1.54, 1.807) is 4.90 Å². The second kappa shape index (κ2) is 6.38. The van der Waals surface area contributed by atoms with E-state index in [2.05, 4.69) is 5.43 Å². The Hall–Kier alpha value is -2.08. The number of nitrogens with one attached hydrogen (secondary N) is 1. The van der Waals surface area contributed by atoms with Crippen LogP contribution in [0.5, 0.6) is 5.75 Å². The van der Waals surface area contributed by atoms with Gasteiger partial charge in [-0.15, -0.1) is 0 Å². The van der Waals surface area contributed by atoms with Gasteiger partial charge in [0.15, 0.2) is 0 Å². The number of ether oxygens (including phenoxy) is 1. The maximum atomic E-state index is 11.9. The van der Waals surface area contributed by atoms with Crippen LogP contribution in [0.1, 0.15) is 19.8 Å². The normalized spacial score (nSPS) is 18.2. The van der Waals surface area contributed by atoms with Crippen molar-refractivity contribution in [3.8, 4) is 5.75 Å². The number of benzene rings is 1. The summed E-state index contributed by atoms with van der Waals surface area (Å²) >= 11 is 0. The third-order valence-corrected chi connectivity index (χ3v) is 3.26. The van der Waals surface area contributed by atoms with E-state index in [1.807, 2.05) is 31.2 Å². The number of hydrazine groups is 1. The molecule has 0 aliphatic carbocycles. The molecule has 1 heterocycles. The van der Waals surface area contributed by atoms with Gasteiger partial charge >= 0.3 is 0 Å². The average Bonchev–Trinajstić information content (AvgIpc) is 2.87. The van der Waals surface area contributed by atoms with Gasteiger partial charge in [0.25, 0.3) is 0 Å². The first-order valence-electron chi connectivity index (χ1n) is 6.69. The number of carbonyl (C=O) groups excluding carboxylic acids is 2. The van der Waals surface area contributed by atoms with Crippen molar-refractivity contribution >= 4 is 17.5 Å². The lowest BCUT2D eigenvalue weighted by molar-refractivity contribution is -0.126. The van der Waals surface area contributed by atoms with Crippen LogP contribution in [0.4, 0.5) is 5.69 Å². The molecule has 1 aromatic carbocycles. The van der Waals surface area contributed by atoms with Gasteiger partial charge in [0.05, 0.1) is 12.5 Å². The van der Waals surface area contributed by atoms with Crippen molar-refractivity contribution in [1.82, 2.24) is 5.43 Å². The molecule has 3 N–H and O–H groups in total. The van der Waals surface area contributed by atoms with Gasteiger partial charge in [0, 0.05) is 18.7 Å². The molecule has 2 amide bonds. The molecular weight excluding hydrogens is 258 g/mol. The monoisotopic (exact) mass is 277 g/mol. The van der Waals surface area contributed by atoms with Gasteiger partial charge in [0.1, 0.15) is 5.75 Å². The van der Waals surface area contributed by atoms with E-state index in [4.69, 9.17) is 10.6 Å². The maximum Gasteiger partial charge on any atom is 0.239 e. The van der Waals surface area contributed by atoms with Gasteiger partial charge in [-0.1, -0.05) is 6.92 Å². The Balaban J connectivity index is 2.04. The number of rotatable bonds is 5. The zero-order valence-electron chi connectivity index (χ0n) is 11.5. The SMILES string of the molecule is CCCOc1ccc(N2CC(C(=O)NN)CC2=O)cc1. The minimum absolute atomic E-state index is 0.0687. The first-order chi connectivity index (χ1) is 9.65. The maximum absolute atomic E-state index is 11.9. The summed E-state index contributed by atoms with van der Waals surface area (Å²) in [5, 5.41) is 0. The summed E-state index contributed by atoms with van der Waals surface area (Å²) in [6.45, 7) is 3.07. The van der Waals surface area contributed by atoms with Gasteiger partial charge in [-0.25, -0.2) is 5.84 Å². The minimum atomic E-state index is -0.386. The molecule has 1 aliphatic heterocycles. The minimum Gasteiger partial charge on any atom is -0.494 e. The van der Waals surface area contributed by atoms with E-state index >= 15 is 0 Å². The van der Waals surface area contributed by atoms with Crippen LogP contribution in [0.3, 0.4) is 0 Å². The fourth-order valence-corrected chi connectivity index (χ4v) is 2.19. The van der Waals surface area contributed by atoms with Crippen LogP contribution in [0.25, 0.3) is 0 Å². The third kappa shape index (κ3) is 3.08. The van der Waals surface area contributed by atoms with E-state index in [-0.39, 0.29) is 24.2 Å². The summed E-state index contributed by atoms with van der Waals surface area (Å²) in [6.07, 6.45) is 1.14. The number of nitrogens with zero attached hydrogens (tertiary/aromatic N) is 1. The molecule has 20 heavy (non-hydrogen) atoms. The number of amides is 2. The summed E-state index contributed by atoms with van der Waals surface area (Å²) in [7, 11) is 0. The molecule has 6 heteroatoms. The smallest absolute Gasteiger partial charge is 0.239 e. The lowest BCUT2D eigenvalue weighted by Crippen LogP contribution is -2.37. The number of hydrogen-bond donors (Lipinski definition) is 2. The van der Waals surface area contributed by atoms with Crippen LogP contribution >= 0.6 is 0 Å². The Morgan fingerprint density at radius 1 is 1.45 bits per heavy atom. The Kier molecular flexibility index (Phi) is 4.57. The predicted molar refractivity (Wildman–Crippen MR) is 75.0 cm³/mol. The van der Waals surface area contributed by atoms with E-state index in [1.165, 1.54) is 0 Å². The van der Waals surface area contributed by atoms with Crippen molar-refractivity contribution in [3.63, 3.8) is 0 Å². The molecule has 1 atom stereocenters. The van der Waals surface area contributed by atoms with Crippen LogP contribution in [-0.4, -0.2) is 25.0 Å². The molecular formula is C14H19N3O3. The van der Waals surface area contributed by atoms with Crippen LogP contribution in [0, 0.1) is 5.92 Å². The van der Waals surface area contributed by atoms with E-state index in [9.17, 15) is 9.59 Å². The summed E-state index contributed by atoms with van der Waals surface area (Å²) in [5.41, 5.74) is 2.86. The molecule has 1 unspecified atom stereocenters. The van der Waals surface area contributed by atoms with Crippen molar-refractivity contribution in [2.24, 2.45) is 11.8 Å². The Bertz CT molecular complexity index is 487. The first-order valence-corrected chi connectivity index (χ1v) is 6.69. The van der Waals surface area contributed by atoms with E-state index < -0.39 is 0 Å². The second-order valence-corrected chi connectivity index (χ2v) is 4.76. The average molecular weight is 277 g/mol. The highest BCUT2D eigenvalue weighted by Gasteiger charge is 2.34. The van der Waals surface area contributed by atoms with E-state index in [0.29, 0.717) is 13.2 Å². The van der Waals surface area contributed by atoms with Crippen LogP contribution in [-0.2, 0) is 9.59 Å². The highest BCUT2D eigenvalue weighted by atomic mass is 16.5. The standard InChI is InChI=1S/C14H19N3O3/c1-2-7-20-12-5-3-11(4-6-12)17-9-10(8-13(17)18)14(19)16-15/h3-6,10H,2,7-9,15H2,1H3,(H,16,19). The van der Waals surface area contributed by atoms with Gasteiger partial charge in [0.2, 0.25) is 11.8 Å². The van der Waals surface area contributed by atoms with Crippen LogP contribution < -0.4 is 20.9 Å². The highest BCUT2D eigenvalue weighted by Crippen LogP contribution is 2.26. The lowest BCUT2D eigenvalue weighted by atomic mass is 10.1. The van der Waals surface area contributed by atoms with Crippen LogP contribution in [0.15, 0.2) is 24.3 Å². The molecule has 0 aromatic heterocycles. The van der Waals surface area contributed by atoms with Crippen molar-refractivity contribution in [2.45, 2.75) is 19.8 Å². The summed E-state index contributed by atoms with van der Waals surface area (Å²) in [4.78, 5) is 25.0. The largest absolute Gasteiger partial charge is 0.494 e. The van der Waals surface area contributed by atoms with E-state index in [0.717, 1.165) is 17.9 Å². The Morgan fingerprint density at radius 3 is 2.75 bits per heavy atom. The van der Waals surface area contributed by atoms with Crippen molar-refractivity contribution in [3.05, 3.63) is 24.3 Å². The topological polar surface area (TPSA) is 84.7 Å². The molecule has 0 saturated carbocycles. The number of nitrogens with two attached hydrogens (primary N) is 1. The fourth-order valence-electron chi connectivity index (χ4n) is 2.19. The molecule has 108 valence electrons. The molecule has 1 aliphatic rings. The summed E-state index contributed by atoms with van der Waals surface area (Å²) in [6, 6.07) is 7.31. The second-order valence-electron chi connectivity index (χ2n) is 4.76. The Labute approximate surface area is 117 Å².